The molecule has 0 radical (unpaired) electrons. The Hall–Kier alpha value is -7.17. The van der Waals surface area contributed by atoms with E-state index >= 15 is 0 Å². The van der Waals surface area contributed by atoms with Crippen LogP contribution in [-0.4, -0.2) is 19.5 Å². The van der Waals surface area contributed by atoms with Gasteiger partial charge in [0.15, 0.2) is 17.5 Å². The van der Waals surface area contributed by atoms with Crippen LogP contribution in [0.3, 0.4) is 0 Å². The SMILES string of the molecule is c1ccc(-c2nc(-c3ccccc3)nc(-c3ccc(-n4c5ccccc5c5cc6c(cc54)c4ccccc4c4c5ccccc5ccc64)cc3)n2)cc1. The molecule has 4 heteroatoms. The largest absolute Gasteiger partial charge is 0.309 e. The Labute approximate surface area is 305 Å². The molecule has 0 spiro atoms. The van der Waals surface area contributed by atoms with E-state index in [2.05, 4.69) is 126 Å². The monoisotopic (exact) mass is 674 g/mol. The minimum atomic E-state index is 0.642. The molecule has 0 N–H and O–H groups in total. The van der Waals surface area contributed by atoms with Crippen molar-refractivity contribution in [2.24, 2.45) is 0 Å². The Morgan fingerprint density at radius 3 is 1.49 bits per heavy atom. The van der Waals surface area contributed by atoms with E-state index in [1.165, 1.54) is 64.9 Å². The Morgan fingerprint density at radius 1 is 0.302 bits per heavy atom. The highest BCUT2D eigenvalue weighted by molar-refractivity contribution is 6.33. The molecule has 0 saturated carbocycles. The summed E-state index contributed by atoms with van der Waals surface area (Å²) in [5.41, 5.74) is 6.27. The summed E-state index contributed by atoms with van der Waals surface area (Å²) in [5, 5.41) is 12.7. The van der Waals surface area contributed by atoms with Crippen molar-refractivity contribution in [1.82, 2.24) is 19.5 Å². The molecule has 0 atom stereocenters. The second-order valence-electron chi connectivity index (χ2n) is 13.6. The number of fused-ring (bicyclic) bond motifs is 11. The summed E-state index contributed by atoms with van der Waals surface area (Å²) in [7, 11) is 0. The van der Waals surface area contributed by atoms with Gasteiger partial charge in [-0.1, -0.05) is 140 Å². The van der Waals surface area contributed by atoms with Gasteiger partial charge in [-0.3, -0.25) is 0 Å². The zero-order chi connectivity index (χ0) is 34.9. The van der Waals surface area contributed by atoms with E-state index < -0.39 is 0 Å². The molecule has 0 aliphatic rings. The van der Waals surface area contributed by atoms with Gasteiger partial charge in [0.1, 0.15) is 0 Å². The van der Waals surface area contributed by atoms with Crippen molar-refractivity contribution in [3.8, 4) is 39.9 Å². The fourth-order valence-electron chi connectivity index (χ4n) is 8.16. The first-order valence-electron chi connectivity index (χ1n) is 18.0. The van der Waals surface area contributed by atoms with Gasteiger partial charge < -0.3 is 4.57 Å². The molecule has 9 aromatic carbocycles. The van der Waals surface area contributed by atoms with Gasteiger partial charge >= 0.3 is 0 Å². The van der Waals surface area contributed by atoms with Crippen molar-refractivity contribution in [2.75, 3.05) is 0 Å². The molecule has 0 bridgehead atoms. The normalized spacial score (nSPS) is 11.8. The topological polar surface area (TPSA) is 43.6 Å². The van der Waals surface area contributed by atoms with E-state index in [1.807, 2.05) is 60.7 Å². The van der Waals surface area contributed by atoms with E-state index in [0.29, 0.717) is 17.5 Å². The number of nitrogens with zero attached hydrogens (tertiary/aromatic N) is 4. The van der Waals surface area contributed by atoms with Crippen LogP contribution in [0.5, 0.6) is 0 Å². The molecular weight excluding hydrogens is 645 g/mol. The zero-order valence-corrected chi connectivity index (χ0v) is 28.6. The quantitative estimate of drug-likeness (QED) is 0.175. The predicted octanol–water partition coefficient (Wildman–Crippen LogP) is 12.6. The highest BCUT2D eigenvalue weighted by atomic mass is 15.0. The highest BCUT2D eigenvalue weighted by Gasteiger charge is 2.18. The lowest BCUT2D eigenvalue weighted by Crippen LogP contribution is -2.00. The first kappa shape index (κ1) is 29.5. The molecule has 0 fully saturated rings. The summed E-state index contributed by atoms with van der Waals surface area (Å²) in [5.74, 6) is 1.95. The molecule has 0 amide bonds. The average molecular weight is 675 g/mol. The fraction of sp³-hybridized carbons (Fsp3) is 0. The second kappa shape index (κ2) is 11.7. The van der Waals surface area contributed by atoms with Crippen LogP contribution in [0.2, 0.25) is 0 Å². The molecule has 0 aliphatic heterocycles. The molecular formula is C49H30N4. The van der Waals surface area contributed by atoms with E-state index in [4.69, 9.17) is 15.0 Å². The first-order chi connectivity index (χ1) is 26.3. The molecule has 11 aromatic rings. The van der Waals surface area contributed by atoms with Gasteiger partial charge in [0, 0.05) is 33.2 Å². The van der Waals surface area contributed by atoms with Gasteiger partial charge in [-0.05, 0) is 85.6 Å². The molecule has 246 valence electrons. The second-order valence-corrected chi connectivity index (χ2v) is 13.6. The number of para-hydroxylation sites is 1. The third-order valence-electron chi connectivity index (χ3n) is 10.6. The standard InChI is InChI=1S/C49H30N4/c1-3-14-32(15-4-1)47-50-48(33-16-5-2-6-17-33)52-49(51-47)34-23-26-35(27-24-34)53-44-22-12-11-20-38(44)43-29-41-40-28-25-31-13-7-8-18-36(31)46(40)39-21-10-9-19-37(39)42(41)30-45(43)53/h1-30H. The van der Waals surface area contributed by atoms with Crippen molar-refractivity contribution in [3.63, 3.8) is 0 Å². The first-order valence-corrected chi connectivity index (χ1v) is 18.0. The van der Waals surface area contributed by atoms with Gasteiger partial charge in [-0.15, -0.1) is 0 Å². The summed E-state index contributed by atoms with van der Waals surface area (Å²) in [6.45, 7) is 0. The van der Waals surface area contributed by atoms with Gasteiger partial charge in [0.25, 0.3) is 0 Å². The zero-order valence-electron chi connectivity index (χ0n) is 28.6. The maximum Gasteiger partial charge on any atom is 0.164 e. The minimum absolute atomic E-state index is 0.642. The van der Waals surface area contributed by atoms with Gasteiger partial charge in [-0.2, -0.15) is 0 Å². The molecule has 0 saturated heterocycles. The van der Waals surface area contributed by atoms with E-state index in [-0.39, 0.29) is 0 Å². The lowest BCUT2D eigenvalue weighted by molar-refractivity contribution is 1.07. The number of benzene rings is 9. The van der Waals surface area contributed by atoms with Crippen LogP contribution in [-0.2, 0) is 0 Å². The van der Waals surface area contributed by atoms with Gasteiger partial charge in [-0.25, -0.2) is 15.0 Å². The van der Waals surface area contributed by atoms with Gasteiger partial charge in [0.2, 0.25) is 0 Å². The molecule has 53 heavy (non-hydrogen) atoms. The molecule has 0 aliphatic carbocycles. The van der Waals surface area contributed by atoms with Crippen molar-refractivity contribution < 1.29 is 0 Å². The fourth-order valence-corrected chi connectivity index (χ4v) is 8.16. The van der Waals surface area contributed by atoms with Crippen molar-refractivity contribution in [3.05, 3.63) is 182 Å². The predicted molar refractivity (Wildman–Crippen MR) is 220 cm³/mol. The summed E-state index contributed by atoms with van der Waals surface area (Å²) in [6, 6.07) is 64.6. The Bertz CT molecular complexity index is 3140. The Balaban J connectivity index is 1.12. The number of hydrogen-bond donors (Lipinski definition) is 0. The van der Waals surface area contributed by atoms with Crippen LogP contribution in [0.4, 0.5) is 0 Å². The van der Waals surface area contributed by atoms with Crippen molar-refractivity contribution in [1.29, 1.82) is 0 Å². The highest BCUT2D eigenvalue weighted by Crippen LogP contribution is 2.43. The summed E-state index contributed by atoms with van der Waals surface area (Å²) < 4.78 is 2.39. The summed E-state index contributed by atoms with van der Waals surface area (Å²) >= 11 is 0. The van der Waals surface area contributed by atoms with Crippen LogP contribution in [0.25, 0.3) is 105 Å². The summed E-state index contributed by atoms with van der Waals surface area (Å²) in [4.78, 5) is 14.8. The molecule has 2 heterocycles. The molecule has 4 nitrogen and oxygen atoms in total. The Morgan fingerprint density at radius 2 is 0.811 bits per heavy atom. The number of rotatable bonds is 4. The molecule has 2 aromatic heterocycles. The van der Waals surface area contributed by atoms with E-state index in [9.17, 15) is 0 Å². The molecule has 11 rings (SSSR count). The number of aromatic nitrogens is 4. The van der Waals surface area contributed by atoms with Crippen LogP contribution in [0, 0.1) is 0 Å². The van der Waals surface area contributed by atoms with Crippen LogP contribution in [0.15, 0.2) is 182 Å². The average Bonchev–Trinajstić information content (AvgIpc) is 3.56. The number of hydrogen-bond acceptors (Lipinski definition) is 3. The van der Waals surface area contributed by atoms with E-state index in [0.717, 1.165) is 22.4 Å². The maximum absolute atomic E-state index is 4.97. The lowest BCUT2D eigenvalue weighted by Gasteiger charge is -2.14. The smallest absolute Gasteiger partial charge is 0.164 e. The van der Waals surface area contributed by atoms with Crippen LogP contribution < -0.4 is 0 Å². The maximum atomic E-state index is 4.97. The van der Waals surface area contributed by atoms with Crippen LogP contribution in [0.1, 0.15) is 0 Å². The van der Waals surface area contributed by atoms with Crippen molar-refractivity contribution >= 4 is 64.9 Å². The third-order valence-corrected chi connectivity index (χ3v) is 10.6. The minimum Gasteiger partial charge on any atom is -0.309 e. The lowest BCUT2D eigenvalue weighted by atomic mass is 9.90. The third kappa shape index (κ3) is 4.66. The van der Waals surface area contributed by atoms with Gasteiger partial charge in [0.05, 0.1) is 11.0 Å². The molecule has 0 unspecified atom stereocenters. The van der Waals surface area contributed by atoms with Crippen LogP contribution >= 0.6 is 0 Å². The summed E-state index contributed by atoms with van der Waals surface area (Å²) in [6.07, 6.45) is 0. The van der Waals surface area contributed by atoms with Crippen molar-refractivity contribution in [2.45, 2.75) is 0 Å². The Kier molecular flexibility index (Phi) is 6.52. The van der Waals surface area contributed by atoms with E-state index in [1.54, 1.807) is 0 Å².